The smallest absolute Gasteiger partial charge is 0.339 e. The minimum atomic E-state index is -2.70. The molecule has 5 rings (SSSR count). The number of para-hydroxylation sites is 1. The van der Waals surface area contributed by atoms with E-state index in [9.17, 15) is 18.7 Å². The summed E-state index contributed by atoms with van der Waals surface area (Å²) in [5, 5.41) is 11.5. The van der Waals surface area contributed by atoms with Crippen molar-refractivity contribution < 1.29 is 32.0 Å². The number of halogens is 4. The molecule has 0 saturated heterocycles. The Balaban J connectivity index is 1.90. The van der Waals surface area contributed by atoms with E-state index in [1.165, 1.54) is 0 Å². The van der Waals surface area contributed by atoms with Crippen LogP contribution in [0.2, 0.25) is 13.1 Å². The minimum Gasteiger partial charge on any atom is -0.478 e. The van der Waals surface area contributed by atoms with E-state index in [-0.39, 0.29) is 5.57 Å². The van der Waals surface area contributed by atoms with Crippen molar-refractivity contribution in [2.24, 2.45) is 0 Å². The molecule has 0 saturated carbocycles. The Labute approximate surface area is 260 Å². The van der Waals surface area contributed by atoms with Crippen molar-refractivity contribution in [2.45, 2.75) is 13.1 Å². The summed E-state index contributed by atoms with van der Waals surface area (Å²) < 4.78 is 62.1. The number of aromatic carboxylic acids is 1. The van der Waals surface area contributed by atoms with Crippen LogP contribution in [0, 0.1) is 23.3 Å². The van der Waals surface area contributed by atoms with Crippen LogP contribution in [0.3, 0.4) is 0 Å². The van der Waals surface area contributed by atoms with Gasteiger partial charge in [0.2, 0.25) is 11.4 Å². The molecule has 0 unspecified atom stereocenters. The lowest BCUT2D eigenvalue weighted by atomic mass is 9.86. The summed E-state index contributed by atoms with van der Waals surface area (Å²) in [6.07, 6.45) is 10.4. The zero-order valence-corrected chi connectivity index (χ0v) is 26.3. The lowest BCUT2D eigenvalue weighted by Crippen LogP contribution is -2.50. The molecule has 9 heteroatoms. The van der Waals surface area contributed by atoms with Crippen LogP contribution in [0.5, 0.6) is 0 Å². The van der Waals surface area contributed by atoms with Crippen molar-refractivity contribution in [3.8, 4) is 0 Å². The third-order valence-corrected chi connectivity index (χ3v) is 11.9. The fraction of sp³-hybridized carbons (Fsp3) is 0.111. The molecule has 3 aromatic rings. The number of carbonyl (C=O) groups is 1. The van der Waals surface area contributed by atoms with E-state index in [2.05, 4.69) is 26.3 Å². The summed E-state index contributed by atoms with van der Waals surface area (Å²) in [5.74, 6) is -9.90. The van der Waals surface area contributed by atoms with Crippen molar-refractivity contribution in [2.75, 3.05) is 19.0 Å². The summed E-state index contributed by atoms with van der Waals surface area (Å²) in [6.45, 7) is 11.8. The molecule has 0 spiro atoms. The van der Waals surface area contributed by atoms with Gasteiger partial charge in [-0.05, 0) is 57.4 Å². The highest BCUT2D eigenvalue weighted by Crippen LogP contribution is 2.45. The Bertz CT molecular complexity index is 1950. The van der Waals surface area contributed by atoms with Crippen molar-refractivity contribution in [1.82, 2.24) is 0 Å². The summed E-state index contributed by atoms with van der Waals surface area (Å²) in [6, 6.07) is 15.1. The number of carboxylic acid groups (broad SMARTS) is 1. The first kappa shape index (κ1) is 31.4. The molecule has 1 aliphatic heterocycles. The molecule has 3 aromatic carbocycles. The lowest BCUT2D eigenvalue weighted by molar-refractivity contribution is -0.436. The van der Waals surface area contributed by atoms with Gasteiger partial charge < -0.3 is 10.0 Å². The van der Waals surface area contributed by atoms with Gasteiger partial charge in [-0.2, -0.15) is 4.58 Å². The monoisotopic (exact) mass is 627 g/mol. The standard InChI is InChI=1S/C36H30F4N2O2Si/c1-7-12-21(8-2)41(3)23-15-17-25-27(19-23)45(5,6)28-20-24(42(4)22-13-10-9-11-14-22)16-18-26(28)29(25)30-31(36(43)44)33(38)35(40)34(39)32(30)37/h7-20H,1-2H2,3-6H3/p+1/b21-12+. The van der Waals surface area contributed by atoms with Crippen LogP contribution in [0.15, 0.2) is 115 Å². The average Bonchev–Trinajstić information content (AvgIpc) is 3.04. The van der Waals surface area contributed by atoms with E-state index in [1.54, 1.807) is 42.5 Å². The second-order valence-electron chi connectivity index (χ2n) is 11.3. The van der Waals surface area contributed by atoms with Gasteiger partial charge in [-0.25, -0.2) is 22.4 Å². The van der Waals surface area contributed by atoms with Gasteiger partial charge in [0.1, 0.15) is 20.7 Å². The maximum atomic E-state index is 15.8. The molecular weight excluding hydrogens is 596 g/mol. The Morgan fingerprint density at radius 3 is 2.22 bits per heavy atom. The predicted molar refractivity (Wildman–Crippen MR) is 174 cm³/mol. The molecule has 0 amide bonds. The highest BCUT2D eigenvalue weighted by atomic mass is 28.3. The van der Waals surface area contributed by atoms with Crippen molar-refractivity contribution in [3.63, 3.8) is 0 Å². The number of allylic oxidation sites excluding steroid dienone is 8. The quantitative estimate of drug-likeness (QED) is 0.0726. The number of nitrogens with zero attached hydrogens (tertiary/aromatic N) is 2. The fourth-order valence-electron chi connectivity index (χ4n) is 5.97. The van der Waals surface area contributed by atoms with Crippen molar-refractivity contribution in [3.05, 3.63) is 155 Å². The first-order valence-electron chi connectivity index (χ1n) is 14.1. The molecule has 1 aliphatic carbocycles. The zero-order valence-electron chi connectivity index (χ0n) is 25.3. The van der Waals surface area contributed by atoms with Gasteiger partial charge in [-0.3, -0.25) is 0 Å². The van der Waals surface area contributed by atoms with Gasteiger partial charge in [0.15, 0.2) is 23.3 Å². The number of rotatable bonds is 7. The summed E-state index contributed by atoms with van der Waals surface area (Å²) in [5.41, 5.74) is 1.92. The van der Waals surface area contributed by atoms with E-state index in [0.29, 0.717) is 11.1 Å². The Kier molecular flexibility index (Phi) is 8.25. The largest absolute Gasteiger partial charge is 0.478 e. The zero-order chi connectivity index (χ0) is 32.8. The SMILES string of the molecule is C=C/C=C(\C=C)[N+](C)=C1C=CC2=C(c3c(F)c(F)c(F)c(F)c3C(=O)O)c3ccc(N(C)c4ccccc4)cc3[Si](C)(C)C2=C1. The van der Waals surface area contributed by atoms with Gasteiger partial charge in [0, 0.05) is 48.3 Å². The topological polar surface area (TPSA) is 43.6 Å². The van der Waals surface area contributed by atoms with Gasteiger partial charge in [0.05, 0.1) is 0 Å². The van der Waals surface area contributed by atoms with Crippen LogP contribution >= 0.6 is 0 Å². The van der Waals surface area contributed by atoms with Crippen LogP contribution in [-0.4, -0.2) is 43.5 Å². The molecule has 0 bridgehead atoms. The normalized spacial score (nSPS) is 16.4. The van der Waals surface area contributed by atoms with Gasteiger partial charge in [-0.15, -0.1) is 0 Å². The van der Waals surface area contributed by atoms with E-state index in [1.807, 2.05) is 66.0 Å². The van der Waals surface area contributed by atoms with Crippen LogP contribution in [0.1, 0.15) is 21.5 Å². The number of likely N-dealkylation sites (N-methyl/N-ethyl adjacent to an activating group) is 1. The van der Waals surface area contributed by atoms with E-state index >= 15 is 8.78 Å². The lowest BCUT2D eigenvalue weighted by Gasteiger charge is -2.38. The maximum absolute atomic E-state index is 15.8. The summed E-state index contributed by atoms with van der Waals surface area (Å²) >= 11 is 0. The minimum absolute atomic E-state index is 0.0202. The molecule has 2 aliphatic rings. The molecule has 45 heavy (non-hydrogen) atoms. The van der Waals surface area contributed by atoms with Crippen LogP contribution in [0.4, 0.5) is 28.9 Å². The second kappa shape index (κ2) is 11.8. The first-order chi connectivity index (χ1) is 21.3. The molecule has 1 heterocycles. The van der Waals surface area contributed by atoms with Crippen molar-refractivity contribution >= 4 is 41.9 Å². The number of fused-ring (bicyclic) bond motifs is 2. The molecule has 0 atom stereocenters. The second-order valence-corrected chi connectivity index (χ2v) is 15.6. The van der Waals surface area contributed by atoms with Crippen LogP contribution in [-0.2, 0) is 0 Å². The molecular formula is C36H31F4N2O2Si+. The van der Waals surface area contributed by atoms with Crippen molar-refractivity contribution in [1.29, 1.82) is 0 Å². The number of hydrogen-bond donors (Lipinski definition) is 1. The molecule has 0 aromatic heterocycles. The number of benzene rings is 3. The third kappa shape index (κ3) is 5.12. The highest BCUT2D eigenvalue weighted by Gasteiger charge is 2.43. The van der Waals surface area contributed by atoms with E-state index in [4.69, 9.17) is 0 Å². The van der Waals surface area contributed by atoms with E-state index < -0.39 is 48.4 Å². The van der Waals surface area contributed by atoms with E-state index in [0.717, 1.165) is 33.2 Å². The third-order valence-electron chi connectivity index (χ3n) is 8.43. The highest BCUT2D eigenvalue weighted by molar-refractivity contribution is 6.98. The number of carboxylic acids is 1. The molecule has 0 radical (unpaired) electrons. The predicted octanol–water partition coefficient (Wildman–Crippen LogP) is 7.81. The van der Waals surface area contributed by atoms with Crippen LogP contribution < -0.4 is 10.1 Å². The Morgan fingerprint density at radius 2 is 1.60 bits per heavy atom. The first-order valence-corrected chi connectivity index (χ1v) is 17.1. The maximum Gasteiger partial charge on any atom is 0.339 e. The van der Waals surface area contributed by atoms with Crippen LogP contribution in [0.25, 0.3) is 5.57 Å². The average molecular weight is 628 g/mol. The summed E-state index contributed by atoms with van der Waals surface area (Å²) in [7, 11) is 1.04. The fourth-order valence-corrected chi connectivity index (χ4v) is 9.04. The van der Waals surface area contributed by atoms with Gasteiger partial charge in [0.25, 0.3) is 0 Å². The molecule has 228 valence electrons. The number of anilines is 2. The molecule has 0 fully saturated rings. The van der Waals surface area contributed by atoms with Gasteiger partial charge >= 0.3 is 5.97 Å². The summed E-state index contributed by atoms with van der Waals surface area (Å²) in [4.78, 5) is 14.3. The molecule has 1 N–H and O–H groups in total. The Morgan fingerprint density at radius 1 is 0.933 bits per heavy atom. The Hall–Kier alpha value is -5.02. The van der Waals surface area contributed by atoms with Gasteiger partial charge in [-0.1, -0.05) is 56.6 Å². The number of hydrogen-bond acceptors (Lipinski definition) is 2. The molecule has 4 nitrogen and oxygen atoms in total.